The van der Waals surface area contributed by atoms with Gasteiger partial charge in [0.1, 0.15) is 18.5 Å². The van der Waals surface area contributed by atoms with Gasteiger partial charge in [0.05, 0.1) is 5.02 Å². The molecule has 0 aliphatic heterocycles. The third-order valence-electron chi connectivity index (χ3n) is 2.74. The summed E-state index contributed by atoms with van der Waals surface area (Å²) in [5, 5.41) is 13.6. The Morgan fingerprint density at radius 2 is 2.00 bits per heavy atom. The number of aliphatic hydroxyl groups excluding tert-OH is 1. The van der Waals surface area contributed by atoms with Crippen molar-refractivity contribution in [3.05, 3.63) is 29.3 Å². The van der Waals surface area contributed by atoms with Crippen molar-refractivity contribution >= 4 is 11.6 Å². The first-order valence-corrected chi connectivity index (χ1v) is 7.81. The van der Waals surface area contributed by atoms with Crippen molar-refractivity contribution in [2.75, 3.05) is 32.9 Å². The molecule has 0 bridgehead atoms. The zero-order chi connectivity index (χ0) is 15.5. The lowest BCUT2D eigenvalue weighted by Crippen LogP contribution is -2.32. The minimum absolute atomic E-state index is 0.223. The van der Waals surface area contributed by atoms with Crippen LogP contribution in [0.3, 0.4) is 0 Å². The number of hydrogen-bond donors (Lipinski definition) is 2. The summed E-state index contributed by atoms with van der Waals surface area (Å²) < 4.78 is 11.0. The summed E-state index contributed by atoms with van der Waals surface area (Å²) in [6.45, 7) is 7.35. The van der Waals surface area contributed by atoms with Crippen LogP contribution < -0.4 is 10.1 Å². The molecular formula is C16H26ClNO3. The van der Waals surface area contributed by atoms with Gasteiger partial charge in [-0.3, -0.25) is 0 Å². The van der Waals surface area contributed by atoms with Gasteiger partial charge in [0.2, 0.25) is 0 Å². The molecule has 21 heavy (non-hydrogen) atoms. The van der Waals surface area contributed by atoms with Gasteiger partial charge in [-0.1, -0.05) is 37.6 Å². The van der Waals surface area contributed by atoms with Crippen LogP contribution in [0.5, 0.6) is 5.75 Å². The predicted octanol–water partition coefficient (Wildman–Crippen LogP) is 2.73. The maximum absolute atomic E-state index is 9.82. The van der Waals surface area contributed by atoms with Gasteiger partial charge in [0.25, 0.3) is 0 Å². The van der Waals surface area contributed by atoms with E-state index in [2.05, 4.69) is 19.2 Å². The fourth-order valence-corrected chi connectivity index (χ4v) is 1.88. The molecule has 0 amide bonds. The van der Waals surface area contributed by atoms with Crippen molar-refractivity contribution < 1.29 is 14.6 Å². The number of aliphatic hydroxyl groups is 1. The largest absolute Gasteiger partial charge is 0.489 e. The van der Waals surface area contributed by atoms with Crippen LogP contribution in [-0.4, -0.2) is 44.1 Å². The SMILES string of the molecule is CC(C)COCCCNCC(O)COc1ccccc1Cl. The molecule has 4 nitrogen and oxygen atoms in total. The highest BCUT2D eigenvalue weighted by molar-refractivity contribution is 6.32. The Bertz CT molecular complexity index is 388. The summed E-state index contributed by atoms with van der Waals surface area (Å²) >= 11 is 5.97. The average Bonchev–Trinajstić information content (AvgIpc) is 2.45. The number of rotatable bonds is 11. The van der Waals surface area contributed by atoms with Crippen LogP contribution in [0, 0.1) is 5.92 Å². The highest BCUT2D eigenvalue weighted by Gasteiger charge is 2.06. The molecule has 1 unspecified atom stereocenters. The Labute approximate surface area is 132 Å². The van der Waals surface area contributed by atoms with Gasteiger partial charge in [-0.15, -0.1) is 0 Å². The minimum Gasteiger partial charge on any atom is -0.489 e. The Kier molecular flexibility index (Phi) is 9.42. The third-order valence-corrected chi connectivity index (χ3v) is 3.05. The molecule has 1 aromatic rings. The van der Waals surface area contributed by atoms with Crippen LogP contribution in [-0.2, 0) is 4.74 Å². The topological polar surface area (TPSA) is 50.7 Å². The Balaban J connectivity index is 2.01. The summed E-state index contributed by atoms with van der Waals surface area (Å²) in [7, 11) is 0. The molecule has 120 valence electrons. The molecule has 1 aromatic carbocycles. The van der Waals surface area contributed by atoms with Crippen molar-refractivity contribution in [3.8, 4) is 5.75 Å². The first-order valence-electron chi connectivity index (χ1n) is 7.43. The first kappa shape index (κ1) is 18.2. The second kappa shape index (κ2) is 10.9. The van der Waals surface area contributed by atoms with Gasteiger partial charge in [0.15, 0.2) is 0 Å². The molecule has 1 atom stereocenters. The number of para-hydroxylation sites is 1. The number of benzene rings is 1. The quantitative estimate of drug-likeness (QED) is 0.617. The van der Waals surface area contributed by atoms with Crippen LogP contribution in [0.2, 0.25) is 5.02 Å². The van der Waals surface area contributed by atoms with Crippen LogP contribution in [0.1, 0.15) is 20.3 Å². The fourth-order valence-electron chi connectivity index (χ4n) is 1.69. The van der Waals surface area contributed by atoms with Gasteiger partial charge < -0.3 is 19.9 Å². The monoisotopic (exact) mass is 315 g/mol. The Morgan fingerprint density at radius 3 is 2.71 bits per heavy atom. The maximum atomic E-state index is 9.82. The van der Waals surface area contributed by atoms with E-state index in [1.165, 1.54) is 0 Å². The molecule has 0 saturated heterocycles. The Morgan fingerprint density at radius 1 is 1.24 bits per heavy atom. The van der Waals surface area contributed by atoms with E-state index < -0.39 is 6.10 Å². The van der Waals surface area contributed by atoms with Gasteiger partial charge in [-0.2, -0.15) is 0 Å². The molecule has 0 aromatic heterocycles. The molecule has 0 radical (unpaired) electrons. The minimum atomic E-state index is -0.558. The standard InChI is InChI=1S/C16H26ClNO3/c1-13(2)11-20-9-5-8-18-10-14(19)12-21-16-7-4-3-6-15(16)17/h3-4,6-7,13-14,18-19H,5,8-12H2,1-2H3. The second-order valence-corrected chi connectivity index (χ2v) is 5.83. The number of nitrogens with one attached hydrogen (secondary N) is 1. The van der Waals surface area contributed by atoms with E-state index in [0.29, 0.717) is 23.2 Å². The van der Waals surface area contributed by atoms with E-state index in [4.69, 9.17) is 21.1 Å². The molecule has 0 spiro atoms. The lowest BCUT2D eigenvalue weighted by molar-refractivity contribution is 0.0981. The zero-order valence-electron chi connectivity index (χ0n) is 12.8. The normalized spacial score (nSPS) is 12.6. The molecule has 0 saturated carbocycles. The van der Waals surface area contributed by atoms with E-state index in [1.807, 2.05) is 12.1 Å². The number of ether oxygens (including phenoxy) is 2. The van der Waals surface area contributed by atoms with Crippen molar-refractivity contribution in [1.82, 2.24) is 5.32 Å². The van der Waals surface area contributed by atoms with Gasteiger partial charge in [-0.05, 0) is 31.0 Å². The number of hydrogen-bond acceptors (Lipinski definition) is 4. The highest BCUT2D eigenvalue weighted by Crippen LogP contribution is 2.22. The van der Waals surface area contributed by atoms with Crippen molar-refractivity contribution in [2.45, 2.75) is 26.4 Å². The van der Waals surface area contributed by atoms with Crippen LogP contribution in [0.15, 0.2) is 24.3 Å². The summed E-state index contributed by atoms with van der Waals surface area (Å²) in [6.07, 6.45) is 0.378. The maximum Gasteiger partial charge on any atom is 0.138 e. The van der Waals surface area contributed by atoms with Crippen molar-refractivity contribution in [2.24, 2.45) is 5.92 Å². The summed E-state index contributed by atoms with van der Waals surface area (Å²) in [4.78, 5) is 0. The van der Waals surface area contributed by atoms with Crippen LogP contribution >= 0.6 is 11.6 Å². The molecule has 2 N–H and O–H groups in total. The van der Waals surface area contributed by atoms with Gasteiger partial charge >= 0.3 is 0 Å². The molecular weight excluding hydrogens is 290 g/mol. The zero-order valence-corrected chi connectivity index (χ0v) is 13.6. The Hall–Kier alpha value is -0.810. The smallest absolute Gasteiger partial charge is 0.138 e. The van der Waals surface area contributed by atoms with E-state index in [1.54, 1.807) is 12.1 Å². The molecule has 0 fully saturated rings. The lowest BCUT2D eigenvalue weighted by atomic mass is 10.2. The van der Waals surface area contributed by atoms with Gasteiger partial charge in [-0.25, -0.2) is 0 Å². The summed E-state index contributed by atoms with van der Waals surface area (Å²) in [5.74, 6) is 1.17. The van der Waals surface area contributed by atoms with Crippen molar-refractivity contribution in [1.29, 1.82) is 0 Å². The predicted molar refractivity (Wildman–Crippen MR) is 86.1 cm³/mol. The summed E-state index contributed by atoms with van der Waals surface area (Å²) in [5.41, 5.74) is 0. The second-order valence-electron chi connectivity index (χ2n) is 5.42. The molecule has 5 heteroatoms. The molecule has 0 heterocycles. The fraction of sp³-hybridized carbons (Fsp3) is 0.625. The van der Waals surface area contributed by atoms with Crippen LogP contribution in [0.4, 0.5) is 0 Å². The van der Waals surface area contributed by atoms with E-state index in [0.717, 1.165) is 26.2 Å². The van der Waals surface area contributed by atoms with Crippen LogP contribution in [0.25, 0.3) is 0 Å². The van der Waals surface area contributed by atoms with E-state index in [-0.39, 0.29) is 6.61 Å². The molecule has 0 aliphatic carbocycles. The third kappa shape index (κ3) is 8.94. The van der Waals surface area contributed by atoms with Crippen molar-refractivity contribution in [3.63, 3.8) is 0 Å². The first-order chi connectivity index (χ1) is 10.1. The highest BCUT2D eigenvalue weighted by atomic mass is 35.5. The van der Waals surface area contributed by atoms with E-state index in [9.17, 15) is 5.11 Å². The van der Waals surface area contributed by atoms with E-state index >= 15 is 0 Å². The molecule has 1 rings (SSSR count). The number of halogens is 1. The lowest BCUT2D eigenvalue weighted by Gasteiger charge is -2.14. The average molecular weight is 316 g/mol. The summed E-state index contributed by atoms with van der Waals surface area (Å²) in [6, 6.07) is 7.24. The van der Waals surface area contributed by atoms with Gasteiger partial charge in [0, 0.05) is 19.8 Å². The molecule has 0 aliphatic rings.